The Hall–Kier alpha value is -2.36. The lowest BCUT2D eigenvalue weighted by molar-refractivity contribution is 0.0978. The summed E-state index contributed by atoms with van der Waals surface area (Å²) < 4.78 is 0. The lowest BCUT2D eigenvalue weighted by Crippen LogP contribution is -2.11. The number of primary amides is 1. The van der Waals surface area contributed by atoms with E-state index in [9.17, 15) is 9.59 Å². The summed E-state index contributed by atoms with van der Waals surface area (Å²) in [5, 5.41) is 0. The van der Waals surface area contributed by atoms with Crippen molar-refractivity contribution in [2.75, 3.05) is 0 Å². The monoisotopic (exact) mass is 296 g/mol. The topological polar surface area (TPSA) is 76.0 Å². The van der Waals surface area contributed by atoms with Crippen molar-refractivity contribution in [3.05, 3.63) is 46.1 Å². The quantitative estimate of drug-likeness (QED) is 0.834. The van der Waals surface area contributed by atoms with Crippen molar-refractivity contribution in [1.29, 1.82) is 0 Å². The Morgan fingerprint density at radius 2 is 1.91 bits per heavy atom. The minimum atomic E-state index is -0.425. The number of amides is 1. The van der Waals surface area contributed by atoms with E-state index in [1.165, 1.54) is 0 Å². The second-order valence-corrected chi connectivity index (χ2v) is 6.00. The largest absolute Gasteiger partial charge is 0.366 e. The van der Waals surface area contributed by atoms with Crippen molar-refractivity contribution < 1.29 is 9.59 Å². The number of carbonyl (C=O) groups excluding carboxylic acids is 2. The maximum absolute atomic E-state index is 12.3. The molecule has 3 rings (SSSR count). The molecule has 0 bridgehead atoms. The fourth-order valence-electron chi connectivity index (χ4n) is 3.34. The van der Waals surface area contributed by atoms with Crippen LogP contribution in [0.3, 0.4) is 0 Å². The molecule has 0 atom stereocenters. The molecule has 0 radical (unpaired) electrons. The Labute approximate surface area is 129 Å². The number of nitrogens with two attached hydrogens (primary N) is 1. The van der Waals surface area contributed by atoms with Gasteiger partial charge in [-0.1, -0.05) is 6.07 Å². The van der Waals surface area contributed by atoms with Gasteiger partial charge in [0.05, 0.1) is 0 Å². The van der Waals surface area contributed by atoms with Gasteiger partial charge in [-0.05, 0) is 56.4 Å². The number of nitrogens with one attached hydrogen (secondary N) is 1. The predicted molar refractivity (Wildman–Crippen MR) is 86.1 cm³/mol. The van der Waals surface area contributed by atoms with Crippen LogP contribution in [0.5, 0.6) is 0 Å². The van der Waals surface area contributed by atoms with Gasteiger partial charge in [0.2, 0.25) is 5.91 Å². The zero-order valence-electron chi connectivity index (χ0n) is 13.0. The number of aryl methyl sites for hydroxylation is 2. The molecule has 3 N–H and O–H groups in total. The highest BCUT2D eigenvalue weighted by Gasteiger charge is 2.24. The molecule has 0 fully saturated rings. The van der Waals surface area contributed by atoms with Crippen LogP contribution in [-0.2, 0) is 6.42 Å². The number of carbonyl (C=O) groups is 2. The Kier molecular flexibility index (Phi) is 3.61. The first kappa shape index (κ1) is 14.6. The van der Waals surface area contributed by atoms with Crippen molar-refractivity contribution in [2.24, 2.45) is 5.73 Å². The fourth-order valence-corrected chi connectivity index (χ4v) is 3.34. The molecule has 1 amide bonds. The highest BCUT2D eigenvalue weighted by atomic mass is 16.1. The number of benzene rings is 1. The highest BCUT2D eigenvalue weighted by molar-refractivity contribution is 6.01. The van der Waals surface area contributed by atoms with Gasteiger partial charge in [0.25, 0.3) is 0 Å². The van der Waals surface area contributed by atoms with E-state index in [2.05, 4.69) is 4.98 Å². The summed E-state index contributed by atoms with van der Waals surface area (Å²) >= 11 is 0. The molecule has 0 saturated carbocycles. The lowest BCUT2D eigenvalue weighted by atomic mass is 9.96. The second kappa shape index (κ2) is 5.44. The molecule has 0 saturated heterocycles. The number of hydrogen-bond donors (Lipinski definition) is 2. The summed E-state index contributed by atoms with van der Waals surface area (Å²) in [6, 6.07) is 5.46. The highest BCUT2D eigenvalue weighted by Crippen LogP contribution is 2.34. The van der Waals surface area contributed by atoms with Gasteiger partial charge < -0.3 is 10.7 Å². The lowest BCUT2D eigenvalue weighted by Gasteiger charge is -2.09. The minimum absolute atomic E-state index is 0.235. The molecule has 4 heteroatoms. The number of Topliss-reactive ketones (excluding diaryl/α,β-unsaturated/α-hetero) is 1. The van der Waals surface area contributed by atoms with Gasteiger partial charge in [0.15, 0.2) is 5.78 Å². The third kappa shape index (κ3) is 2.34. The summed E-state index contributed by atoms with van der Waals surface area (Å²) in [7, 11) is 0. The predicted octanol–water partition coefficient (Wildman–Crippen LogP) is 3.31. The second-order valence-electron chi connectivity index (χ2n) is 6.00. The number of ketones is 1. The summed E-state index contributed by atoms with van der Waals surface area (Å²) in [5.41, 5.74) is 11.8. The third-order valence-corrected chi connectivity index (χ3v) is 4.43. The van der Waals surface area contributed by atoms with Gasteiger partial charge in [-0.15, -0.1) is 0 Å². The molecule has 114 valence electrons. The van der Waals surface area contributed by atoms with E-state index in [1.54, 1.807) is 12.1 Å². The Balaban J connectivity index is 2.16. The van der Waals surface area contributed by atoms with Crippen LogP contribution in [-0.4, -0.2) is 16.7 Å². The zero-order chi connectivity index (χ0) is 15.9. The van der Waals surface area contributed by atoms with E-state index in [-0.39, 0.29) is 5.78 Å². The molecule has 1 aliphatic carbocycles. The van der Waals surface area contributed by atoms with Crippen LogP contribution in [0.15, 0.2) is 18.2 Å². The van der Waals surface area contributed by atoms with Crippen LogP contribution >= 0.6 is 0 Å². The van der Waals surface area contributed by atoms with E-state index in [0.717, 1.165) is 52.9 Å². The number of aromatic amines is 1. The molecule has 1 heterocycles. The summed E-state index contributed by atoms with van der Waals surface area (Å²) in [6.07, 6.45) is 3.52. The molecule has 1 aromatic carbocycles. The van der Waals surface area contributed by atoms with Crippen LogP contribution in [0.2, 0.25) is 0 Å². The maximum Gasteiger partial charge on any atom is 0.248 e. The van der Waals surface area contributed by atoms with E-state index in [0.29, 0.717) is 12.0 Å². The van der Waals surface area contributed by atoms with Crippen LogP contribution in [0.4, 0.5) is 0 Å². The molecule has 2 aromatic rings. The van der Waals surface area contributed by atoms with E-state index >= 15 is 0 Å². The summed E-state index contributed by atoms with van der Waals surface area (Å²) in [4.78, 5) is 27.0. The average Bonchev–Trinajstić information content (AvgIpc) is 2.66. The third-order valence-electron chi connectivity index (χ3n) is 4.43. The van der Waals surface area contributed by atoms with Crippen molar-refractivity contribution in [2.45, 2.75) is 39.5 Å². The van der Waals surface area contributed by atoms with Crippen molar-refractivity contribution >= 4 is 11.7 Å². The molecule has 0 unspecified atom stereocenters. The first-order valence-corrected chi connectivity index (χ1v) is 7.64. The van der Waals surface area contributed by atoms with E-state index in [4.69, 9.17) is 5.73 Å². The van der Waals surface area contributed by atoms with Gasteiger partial charge in [0.1, 0.15) is 0 Å². The number of aromatic nitrogens is 1. The molecule has 4 nitrogen and oxygen atoms in total. The Morgan fingerprint density at radius 1 is 1.18 bits per heavy atom. The molecular weight excluding hydrogens is 276 g/mol. The standard InChI is InChI=1S/C18H20N2O2/c1-10-9-12(18(19)22)7-8-13(10)17-14-5-3-4-6-15(21)16(14)11(2)20-17/h7-9,20H,3-6H2,1-2H3,(H2,19,22). The number of rotatable bonds is 2. The molecule has 1 aromatic heterocycles. The Morgan fingerprint density at radius 3 is 2.59 bits per heavy atom. The first-order chi connectivity index (χ1) is 10.5. The number of hydrogen-bond acceptors (Lipinski definition) is 2. The first-order valence-electron chi connectivity index (χ1n) is 7.64. The molecular formula is C18H20N2O2. The smallest absolute Gasteiger partial charge is 0.248 e. The summed E-state index contributed by atoms with van der Waals surface area (Å²) in [5.74, 6) is -0.190. The normalized spacial score (nSPS) is 14.5. The van der Waals surface area contributed by atoms with E-state index in [1.807, 2.05) is 19.9 Å². The Bertz CT molecular complexity index is 772. The van der Waals surface area contributed by atoms with Crippen LogP contribution in [0.25, 0.3) is 11.3 Å². The van der Waals surface area contributed by atoms with Gasteiger partial charge in [0, 0.05) is 34.5 Å². The average molecular weight is 296 g/mol. The van der Waals surface area contributed by atoms with Crippen LogP contribution in [0.1, 0.15) is 56.8 Å². The zero-order valence-corrected chi connectivity index (χ0v) is 13.0. The van der Waals surface area contributed by atoms with Gasteiger partial charge in [-0.3, -0.25) is 9.59 Å². The van der Waals surface area contributed by atoms with E-state index < -0.39 is 5.91 Å². The summed E-state index contributed by atoms with van der Waals surface area (Å²) in [6.45, 7) is 3.92. The van der Waals surface area contributed by atoms with Crippen molar-refractivity contribution in [3.63, 3.8) is 0 Å². The number of fused-ring (bicyclic) bond motifs is 1. The van der Waals surface area contributed by atoms with Crippen LogP contribution < -0.4 is 5.73 Å². The van der Waals surface area contributed by atoms with Crippen molar-refractivity contribution in [3.8, 4) is 11.3 Å². The molecule has 1 aliphatic rings. The SMILES string of the molecule is Cc1cc(C(N)=O)ccc1-c1[nH]c(C)c2c1CCCCC2=O. The molecule has 0 aliphatic heterocycles. The minimum Gasteiger partial charge on any atom is -0.366 e. The maximum atomic E-state index is 12.3. The fraction of sp³-hybridized carbons (Fsp3) is 0.333. The number of H-pyrrole nitrogens is 1. The molecule has 22 heavy (non-hydrogen) atoms. The van der Waals surface area contributed by atoms with Crippen molar-refractivity contribution in [1.82, 2.24) is 4.98 Å². The van der Waals surface area contributed by atoms with Gasteiger partial charge in [-0.2, -0.15) is 0 Å². The van der Waals surface area contributed by atoms with Gasteiger partial charge in [-0.25, -0.2) is 0 Å². The van der Waals surface area contributed by atoms with Crippen LogP contribution in [0, 0.1) is 13.8 Å². The molecule has 0 spiro atoms. The van der Waals surface area contributed by atoms with Gasteiger partial charge >= 0.3 is 0 Å².